The third kappa shape index (κ3) is 3.09. The van der Waals surface area contributed by atoms with Gasteiger partial charge in [0.15, 0.2) is 0 Å². The molecule has 2 nitrogen and oxygen atoms in total. The average molecular weight is 306 g/mol. The van der Waals surface area contributed by atoms with Crippen molar-refractivity contribution in [2.45, 2.75) is 12.4 Å². The van der Waals surface area contributed by atoms with E-state index < -0.39 is 29.4 Å². The Balaban J connectivity index is 2.59. The number of halogens is 6. The summed E-state index contributed by atoms with van der Waals surface area (Å²) in [6.07, 6.45) is -9.36. The largest absolute Gasteiger partial charge is 0.433 e. The fourth-order valence-electron chi connectivity index (χ4n) is 1.83. The molecular formula is C13H8F6N2. The molecule has 0 unspecified atom stereocenters. The molecule has 0 radical (unpaired) electrons. The zero-order valence-electron chi connectivity index (χ0n) is 10.3. The molecule has 0 fully saturated rings. The summed E-state index contributed by atoms with van der Waals surface area (Å²) in [7, 11) is 0. The Hall–Kier alpha value is -2.25. The number of hydrogen-bond acceptors (Lipinski definition) is 2. The monoisotopic (exact) mass is 306 g/mol. The normalized spacial score (nSPS) is 12.5. The van der Waals surface area contributed by atoms with Gasteiger partial charge in [-0.05, 0) is 23.8 Å². The first-order chi connectivity index (χ1) is 9.60. The number of benzene rings is 1. The van der Waals surface area contributed by atoms with Crippen molar-refractivity contribution in [3.8, 4) is 11.1 Å². The van der Waals surface area contributed by atoms with E-state index in [0.717, 1.165) is 18.2 Å². The molecule has 2 rings (SSSR count). The molecule has 0 saturated heterocycles. The van der Waals surface area contributed by atoms with Crippen LogP contribution in [-0.4, -0.2) is 4.98 Å². The number of alkyl halides is 6. The van der Waals surface area contributed by atoms with Crippen molar-refractivity contribution in [3.05, 3.63) is 47.7 Å². The topological polar surface area (TPSA) is 38.9 Å². The zero-order chi connectivity index (χ0) is 15.8. The number of hydrogen-bond donors (Lipinski definition) is 1. The number of nitrogens with two attached hydrogens (primary N) is 1. The second kappa shape index (κ2) is 4.94. The van der Waals surface area contributed by atoms with Gasteiger partial charge in [0.2, 0.25) is 0 Å². The Bertz CT molecular complexity index is 660. The number of aromatic nitrogens is 1. The molecule has 0 amide bonds. The first-order valence-electron chi connectivity index (χ1n) is 5.61. The molecule has 0 spiro atoms. The van der Waals surface area contributed by atoms with E-state index >= 15 is 0 Å². The van der Waals surface area contributed by atoms with E-state index in [1.165, 1.54) is 12.1 Å². The molecule has 21 heavy (non-hydrogen) atoms. The van der Waals surface area contributed by atoms with Gasteiger partial charge in [0, 0.05) is 5.56 Å². The first kappa shape index (κ1) is 15.1. The van der Waals surface area contributed by atoms with Gasteiger partial charge < -0.3 is 5.73 Å². The highest BCUT2D eigenvalue weighted by molar-refractivity contribution is 5.76. The van der Waals surface area contributed by atoms with Crippen molar-refractivity contribution in [1.29, 1.82) is 0 Å². The summed E-state index contributed by atoms with van der Waals surface area (Å²) in [5.41, 5.74) is 2.63. The van der Waals surface area contributed by atoms with Crippen molar-refractivity contribution in [3.63, 3.8) is 0 Å². The highest BCUT2D eigenvalue weighted by Crippen LogP contribution is 2.39. The Morgan fingerprint density at radius 3 is 1.90 bits per heavy atom. The second-order valence-electron chi connectivity index (χ2n) is 4.17. The summed E-state index contributed by atoms with van der Waals surface area (Å²) >= 11 is 0. The smallest absolute Gasteiger partial charge is 0.383 e. The predicted molar refractivity (Wildman–Crippen MR) is 64.1 cm³/mol. The quantitative estimate of drug-likeness (QED) is 0.795. The molecule has 8 heteroatoms. The van der Waals surface area contributed by atoms with E-state index in [1.54, 1.807) is 0 Å². The van der Waals surface area contributed by atoms with E-state index in [2.05, 4.69) is 4.98 Å². The van der Waals surface area contributed by atoms with Gasteiger partial charge >= 0.3 is 12.4 Å². The van der Waals surface area contributed by atoms with E-state index in [0.29, 0.717) is 6.07 Å². The highest BCUT2D eigenvalue weighted by Gasteiger charge is 2.35. The molecule has 1 heterocycles. The third-order valence-electron chi connectivity index (χ3n) is 2.74. The lowest BCUT2D eigenvalue weighted by molar-refractivity contribution is -0.141. The third-order valence-corrected chi connectivity index (χ3v) is 2.74. The van der Waals surface area contributed by atoms with Crippen LogP contribution >= 0.6 is 0 Å². The lowest BCUT2D eigenvalue weighted by Gasteiger charge is -2.15. The van der Waals surface area contributed by atoms with Crippen LogP contribution in [0.3, 0.4) is 0 Å². The summed E-state index contributed by atoms with van der Waals surface area (Å²) < 4.78 is 76.1. The predicted octanol–water partition coefficient (Wildman–Crippen LogP) is 4.37. The van der Waals surface area contributed by atoms with Gasteiger partial charge in [0.05, 0.1) is 5.56 Å². The standard InChI is InChI=1S/C13H8F6N2/c14-12(15,16)9-4-2-1-3-7(9)8-5-6-10(13(17,18)19)21-11(8)20/h1-6H,(H2,20,21). The van der Waals surface area contributed by atoms with Crippen LogP contribution in [0, 0.1) is 0 Å². The van der Waals surface area contributed by atoms with Gasteiger partial charge in [0.25, 0.3) is 0 Å². The van der Waals surface area contributed by atoms with Crippen molar-refractivity contribution in [1.82, 2.24) is 4.98 Å². The fourth-order valence-corrected chi connectivity index (χ4v) is 1.83. The molecule has 0 aliphatic carbocycles. The van der Waals surface area contributed by atoms with Crippen molar-refractivity contribution in [2.75, 3.05) is 5.73 Å². The molecule has 0 atom stereocenters. The number of anilines is 1. The minimum absolute atomic E-state index is 0.198. The number of rotatable bonds is 1. The van der Waals surface area contributed by atoms with Gasteiger partial charge in [-0.15, -0.1) is 0 Å². The zero-order valence-corrected chi connectivity index (χ0v) is 10.3. The van der Waals surface area contributed by atoms with Crippen LogP contribution in [0.1, 0.15) is 11.3 Å². The lowest BCUT2D eigenvalue weighted by atomic mass is 9.99. The molecule has 0 bridgehead atoms. The van der Waals surface area contributed by atoms with Gasteiger partial charge in [0.1, 0.15) is 11.5 Å². The molecular weight excluding hydrogens is 298 g/mol. The van der Waals surface area contributed by atoms with Crippen LogP contribution in [0.2, 0.25) is 0 Å². The van der Waals surface area contributed by atoms with Gasteiger partial charge in [-0.1, -0.05) is 18.2 Å². The van der Waals surface area contributed by atoms with Crippen LogP contribution < -0.4 is 5.73 Å². The van der Waals surface area contributed by atoms with Crippen LogP contribution in [-0.2, 0) is 12.4 Å². The van der Waals surface area contributed by atoms with Crippen molar-refractivity contribution < 1.29 is 26.3 Å². The summed E-state index contributed by atoms with van der Waals surface area (Å²) in [5, 5.41) is 0. The number of nitrogens with zero attached hydrogens (tertiary/aromatic N) is 1. The van der Waals surface area contributed by atoms with Crippen molar-refractivity contribution >= 4 is 5.82 Å². The van der Waals surface area contributed by atoms with Crippen LogP contribution in [0.4, 0.5) is 32.2 Å². The SMILES string of the molecule is Nc1nc(C(F)(F)F)ccc1-c1ccccc1C(F)(F)F. The molecule has 0 aliphatic rings. The minimum Gasteiger partial charge on any atom is -0.383 e. The van der Waals surface area contributed by atoms with Crippen LogP contribution in [0.25, 0.3) is 11.1 Å². The Labute approximate surface area is 115 Å². The van der Waals surface area contributed by atoms with Crippen LogP contribution in [0.15, 0.2) is 36.4 Å². The Morgan fingerprint density at radius 1 is 0.762 bits per heavy atom. The molecule has 2 N–H and O–H groups in total. The Morgan fingerprint density at radius 2 is 1.38 bits per heavy atom. The maximum Gasteiger partial charge on any atom is 0.433 e. The van der Waals surface area contributed by atoms with Gasteiger partial charge in [-0.3, -0.25) is 0 Å². The highest BCUT2D eigenvalue weighted by atomic mass is 19.4. The summed E-state index contributed by atoms with van der Waals surface area (Å²) in [4.78, 5) is 3.13. The molecule has 1 aromatic carbocycles. The Kier molecular flexibility index (Phi) is 3.56. The maximum atomic E-state index is 12.9. The second-order valence-corrected chi connectivity index (χ2v) is 4.17. The van der Waals surface area contributed by atoms with Gasteiger partial charge in [-0.2, -0.15) is 26.3 Å². The fraction of sp³-hybridized carbons (Fsp3) is 0.154. The summed E-state index contributed by atoms with van der Waals surface area (Å²) in [6.45, 7) is 0. The maximum absolute atomic E-state index is 12.9. The van der Waals surface area contributed by atoms with Gasteiger partial charge in [-0.25, -0.2) is 4.98 Å². The van der Waals surface area contributed by atoms with E-state index in [4.69, 9.17) is 5.73 Å². The molecule has 0 aliphatic heterocycles. The summed E-state index contributed by atoms with van der Waals surface area (Å²) in [5.74, 6) is -0.610. The molecule has 2 aromatic rings. The molecule has 1 aromatic heterocycles. The van der Waals surface area contributed by atoms with E-state index in [1.807, 2.05) is 0 Å². The number of nitrogen functional groups attached to an aromatic ring is 1. The van der Waals surface area contributed by atoms with Crippen LogP contribution in [0.5, 0.6) is 0 Å². The lowest BCUT2D eigenvalue weighted by Crippen LogP contribution is -2.11. The minimum atomic E-state index is -4.71. The average Bonchev–Trinajstić information content (AvgIpc) is 2.36. The summed E-state index contributed by atoms with van der Waals surface area (Å²) in [6, 6.07) is 5.95. The molecule has 112 valence electrons. The van der Waals surface area contributed by atoms with E-state index in [-0.39, 0.29) is 11.1 Å². The van der Waals surface area contributed by atoms with E-state index in [9.17, 15) is 26.3 Å². The van der Waals surface area contributed by atoms with Crippen molar-refractivity contribution in [2.24, 2.45) is 0 Å². The first-order valence-corrected chi connectivity index (χ1v) is 5.61. The number of pyridine rings is 1. The molecule has 0 saturated carbocycles.